The Kier molecular flexibility index (Phi) is 3.83. The van der Waals surface area contributed by atoms with E-state index in [1.807, 2.05) is 0 Å². The summed E-state index contributed by atoms with van der Waals surface area (Å²) in [7, 11) is 0. The zero-order chi connectivity index (χ0) is 8.10. The average molecular weight is 159 g/mol. The number of likely N-dealkylation sites (N-methyl/N-ethyl adjacent to an activating group) is 1. The molecule has 0 aromatic heterocycles. The Morgan fingerprint density at radius 3 is 2.91 bits per heavy atom. The van der Waals surface area contributed by atoms with Gasteiger partial charge in [0.15, 0.2) is 0 Å². The molecule has 3 heteroatoms. The molecule has 11 heavy (non-hydrogen) atoms. The molecule has 1 fully saturated rings. The third-order valence-corrected chi connectivity index (χ3v) is 2.22. The Morgan fingerprint density at radius 2 is 2.45 bits per heavy atom. The molecule has 1 aliphatic heterocycles. The van der Waals surface area contributed by atoms with Crippen molar-refractivity contribution in [3.8, 4) is 0 Å². The van der Waals surface area contributed by atoms with Crippen LogP contribution in [0.1, 0.15) is 13.3 Å². The van der Waals surface area contributed by atoms with E-state index in [4.69, 9.17) is 9.84 Å². The minimum atomic E-state index is 0.254. The van der Waals surface area contributed by atoms with Crippen molar-refractivity contribution in [1.29, 1.82) is 0 Å². The molecule has 1 saturated heterocycles. The minimum absolute atomic E-state index is 0.254. The van der Waals surface area contributed by atoms with Gasteiger partial charge in [-0.05, 0) is 13.0 Å². The van der Waals surface area contributed by atoms with Gasteiger partial charge in [0.1, 0.15) is 0 Å². The van der Waals surface area contributed by atoms with Gasteiger partial charge in [-0.15, -0.1) is 0 Å². The van der Waals surface area contributed by atoms with E-state index in [1.165, 1.54) is 0 Å². The van der Waals surface area contributed by atoms with Crippen LogP contribution in [0.2, 0.25) is 0 Å². The molecule has 1 heterocycles. The van der Waals surface area contributed by atoms with Crippen LogP contribution in [0.25, 0.3) is 0 Å². The summed E-state index contributed by atoms with van der Waals surface area (Å²) in [4.78, 5) is 2.27. The molecule has 1 rings (SSSR count). The zero-order valence-corrected chi connectivity index (χ0v) is 7.12. The number of hydrogen-bond donors (Lipinski definition) is 1. The van der Waals surface area contributed by atoms with E-state index in [-0.39, 0.29) is 6.61 Å². The Balaban J connectivity index is 2.27. The molecule has 0 amide bonds. The van der Waals surface area contributed by atoms with Crippen molar-refractivity contribution in [3.63, 3.8) is 0 Å². The fourth-order valence-corrected chi connectivity index (χ4v) is 1.54. The Labute approximate surface area is 68.0 Å². The number of ether oxygens (including phenoxy) is 1. The summed E-state index contributed by atoms with van der Waals surface area (Å²) in [6, 6.07) is 0.548. The molecule has 1 aliphatic rings. The largest absolute Gasteiger partial charge is 0.395 e. The van der Waals surface area contributed by atoms with Gasteiger partial charge in [-0.2, -0.15) is 0 Å². The third-order valence-electron chi connectivity index (χ3n) is 2.22. The maximum absolute atomic E-state index is 8.75. The molecule has 0 spiro atoms. The first-order valence-corrected chi connectivity index (χ1v) is 4.31. The highest BCUT2D eigenvalue weighted by Gasteiger charge is 2.20. The summed E-state index contributed by atoms with van der Waals surface area (Å²) in [5.74, 6) is 0. The number of aliphatic hydroxyl groups excluding tert-OH is 1. The van der Waals surface area contributed by atoms with Crippen LogP contribution in [-0.2, 0) is 4.74 Å². The van der Waals surface area contributed by atoms with Crippen molar-refractivity contribution >= 4 is 0 Å². The first kappa shape index (κ1) is 8.97. The van der Waals surface area contributed by atoms with Crippen molar-refractivity contribution in [3.05, 3.63) is 0 Å². The lowest BCUT2D eigenvalue weighted by Crippen LogP contribution is -2.37. The topological polar surface area (TPSA) is 32.7 Å². The van der Waals surface area contributed by atoms with Gasteiger partial charge < -0.3 is 9.84 Å². The van der Waals surface area contributed by atoms with Gasteiger partial charge in [0.25, 0.3) is 0 Å². The Morgan fingerprint density at radius 1 is 1.64 bits per heavy atom. The second kappa shape index (κ2) is 4.70. The van der Waals surface area contributed by atoms with Gasteiger partial charge in [-0.1, -0.05) is 6.92 Å². The molecule has 0 bridgehead atoms. The lowest BCUT2D eigenvalue weighted by molar-refractivity contribution is 0.128. The Hall–Kier alpha value is -0.120. The fourth-order valence-electron chi connectivity index (χ4n) is 1.54. The van der Waals surface area contributed by atoms with Gasteiger partial charge >= 0.3 is 0 Å². The van der Waals surface area contributed by atoms with Crippen LogP contribution in [-0.4, -0.2) is 49.0 Å². The van der Waals surface area contributed by atoms with E-state index in [9.17, 15) is 0 Å². The molecule has 3 nitrogen and oxygen atoms in total. The molecular formula is C8H17NO2. The van der Waals surface area contributed by atoms with Crippen LogP contribution in [0.15, 0.2) is 0 Å². The summed E-state index contributed by atoms with van der Waals surface area (Å²) in [6.07, 6.45) is 1.12. The smallest absolute Gasteiger partial charge is 0.0622 e. The zero-order valence-electron chi connectivity index (χ0n) is 7.12. The summed E-state index contributed by atoms with van der Waals surface area (Å²) in [5, 5.41) is 8.75. The monoisotopic (exact) mass is 159 g/mol. The molecule has 1 N–H and O–H groups in total. The summed E-state index contributed by atoms with van der Waals surface area (Å²) >= 11 is 0. The van der Waals surface area contributed by atoms with E-state index >= 15 is 0 Å². The highest BCUT2D eigenvalue weighted by atomic mass is 16.5. The van der Waals surface area contributed by atoms with Gasteiger partial charge in [0, 0.05) is 19.2 Å². The first-order chi connectivity index (χ1) is 5.38. The fraction of sp³-hybridized carbons (Fsp3) is 1.00. The van der Waals surface area contributed by atoms with Crippen LogP contribution in [0.3, 0.4) is 0 Å². The predicted octanol–water partition coefficient (Wildman–Crippen LogP) is 0.0895. The van der Waals surface area contributed by atoms with Crippen LogP contribution >= 0.6 is 0 Å². The second-order valence-corrected chi connectivity index (χ2v) is 2.87. The summed E-state index contributed by atoms with van der Waals surface area (Å²) in [5.41, 5.74) is 0. The predicted molar refractivity (Wildman–Crippen MR) is 43.6 cm³/mol. The normalized spacial score (nSPS) is 24.8. The molecule has 0 aromatic carbocycles. The van der Waals surface area contributed by atoms with Gasteiger partial charge in [-0.25, -0.2) is 0 Å². The molecule has 0 radical (unpaired) electrons. The van der Waals surface area contributed by atoms with E-state index in [1.54, 1.807) is 0 Å². The van der Waals surface area contributed by atoms with Crippen molar-refractivity contribution in [2.24, 2.45) is 0 Å². The average Bonchev–Trinajstić information content (AvgIpc) is 2.52. The van der Waals surface area contributed by atoms with Crippen LogP contribution < -0.4 is 0 Å². The molecule has 1 atom stereocenters. The molecule has 0 saturated carbocycles. The lowest BCUT2D eigenvalue weighted by atomic mass is 10.2. The summed E-state index contributed by atoms with van der Waals surface area (Å²) in [6.45, 7) is 5.89. The van der Waals surface area contributed by atoms with Gasteiger partial charge in [-0.3, -0.25) is 4.90 Å². The van der Waals surface area contributed by atoms with Crippen molar-refractivity contribution in [2.45, 2.75) is 19.4 Å². The highest BCUT2D eigenvalue weighted by Crippen LogP contribution is 2.10. The SMILES string of the molecule is CCN(CCO)C1CCOC1. The molecule has 0 aliphatic carbocycles. The van der Waals surface area contributed by atoms with E-state index in [2.05, 4.69) is 11.8 Å². The van der Waals surface area contributed by atoms with Crippen molar-refractivity contribution in [1.82, 2.24) is 4.90 Å². The quantitative estimate of drug-likeness (QED) is 0.631. The first-order valence-electron chi connectivity index (χ1n) is 4.31. The number of aliphatic hydroxyl groups is 1. The summed E-state index contributed by atoms with van der Waals surface area (Å²) < 4.78 is 5.26. The maximum atomic E-state index is 8.75. The van der Waals surface area contributed by atoms with Crippen LogP contribution in [0.5, 0.6) is 0 Å². The maximum Gasteiger partial charge on any atom is 0.0622 e. The van der Waals surface area contributed by atoms with Gasteiger partial charge in [0.2, 0.25) is 0 Å². The standard InChI is InChI=1S/C8H17NO2/c1-2-9(4-5-10)8-3-6-11-7-8/h8,10H,2-7H2,1H3. The number of rotatable bonds is 4. The molecule has 1 unspecified atom stereocenters. The van der Waals surface area contributed by atoms with E-state index in [0.29, 0.717) is 6.04 Å². The second-order valence-electron chi connectivity index (χ2n) is 2.87. The molecule has 0 aromatic rings. The Bertz CT molecular complexity index is 102. The lowest BCUT2D eigenvalue weighted by Gasteiger charge is -2.24. The number of nitrogens with zero attached hydrogens (tertiary/aromatic N) is 1. The van der Waals surface area contributed by atoms with Crippen LogP contribution in [0, 0.1) is 0 Å². The van der Waals surface area contributed by atoms with E-state index < -0.39 is 0 Å². The number of hydrogen-bond acceptors (Lipinski definition) is 3. The molecule has 66 valence electrons. The highest BCUT2D eigenvalue weighted by molar-refractivity contribution is 4.74. The van der Waals surface area contributed by atoms with Crippen LogP contribution in [0.4, 0.5) is 0 Å². The van der Waals surface area contributed by atoms with Crippen molar-refractivity contribution in [2.75, 3.05) is 32.9 Å². The third kappa shape index (κ3) is 2.43. The van der Waals surface area contributed by atoms with Crippen molar-refractivity contribution < 1.29 is 9.84 Å². The minimum Gasteiger partial charge on any atom is -0.395 e. The van der Waals surface area contributed by atoms with Gasteiger partial charge in [0.05, 0.1) is 13.2 Å². The molecular weight excluding hydrogens is 142 g/mol. The van der Waals surface area contributed by atoms with E-state index in [0.717, 1.165) is 32.7 Å².